The summed E-state index contributed by atoms with van der Waals surface area (Å²) in [4.78, 5) is 29.9. The summed E-state index contributed by atoms with van der Waals surface area (Å²) in [6, 6.07) is 6.20. The minimum absolute atomic E-state index is 0.0527. The van der Waals surface area contributed by atoms with Gasteiger partial charge in [-0.3, -0.25) is 4.89 Å². The van der Waals surface area contributed by atoms with E-state index in [0.29, 0.717) is 10.1 Å². The van der Waals surface area contributed by atoms with Crippen molar-refractivity contribution in [1.82, 2.24) is 9.97 Å². The number of carbonyl (C=O) groups is 1. The number of thioether (sulfide) groups is 1. The molecular formula is C18H19ClN4O5S2. The van der Waals surface area contributed by atoms with Gasteiger partial charge in [-0.15, -0.1) is 0 Å². The number of sulfone groups is 1. The monoisotopic (exact) mass is 470 g/mol. The maximum Gasteiger partial charge on any atom is 0.386 e. The van der Waals surface area contributed by atoms with Crippen molar-refractivity contribution < 1.29 is 23.0 Å². The number of hydrogen-bond donors (Lipinski definition) is 0. The average molecular weight is 471 g/mol. The van der Waals surface area contributed by atoms with E-state index in [1.807, 2.05) is 20.8 Å². The van der Waals surface area contributed by atoms with Crippen molar-refractivity contribution in [2.45, 2.75) is 25.5 Å². The van der Waals surface area contributed by atoms with Crippen LogP contribution in [0.25, 0.3) is 0 Å². The van der Waals surface area contributed by atoms with Crippen LogP contribution in [0.5, 0.6) is 5.75 Å². The highest BCUT2D eigenvalue weighted by molar-refractivity contribution is 8.23. The second-order valence-electron chi connectivity index (χ2n) is 7.44. The van der Waals surface area contributed by atoms with Gasteiger partial charge in [0, 0.05) is 16.7 Å². The number of hydrogen-bond acceptors (Lipinski definition) is 10. The molecule has 30 heavy (non-hydrogen) atoms. The molecule has 1 unspecified atom stereocenters. The van der Waals surface area contributed by atoms with Gasteiger partial charge in [0.2, 0.25) is 16.4 Å². The van der Waals surface area contributed by atoms with E-state index in [0.717, 1.165) is 18.0 Å². The molecule has 3 rings (SSSR count). The molecule has 1 atom stereocenters. The second-order valence-corrected chi connectivity index (χ2v) is 11.3. The largest absolute Gasteiger partial charge is 0.386 e. The van der Waals surface area contributed by atoms with E-state index in [1.165, 1.54) is 29.5 Å². The lowest BCUT2D eigenvalue weighted by molar-refractivity contribution is -0.150. The van der Waals surface area contributed by atoms with Crippen LogP contribution < -0.4 is 9.90 Å². The number of carbonyl (C=O) groups excluding carboxylic acids is 1. The van der Waals surface area contributed by atoms with E-state index < -0.39 is 20.5 Å². The van der Waals surface area contributed by atoms with Gasteiger partial charge >= 0.3 is 5.97 Å². The number of rotatable bonds is 5. The van der Waals surface area contributed by atoms with Crippen molar-refractivity contribution >= 4 is 50.2 Å². The molecule has 0 N–H and O–H groups in total. The van der Waals surface area contributed by atoms with Gasteiger partial charge < -0.3 is 0 Å². The molecule has 0 aliphatic carbocycles. The summed E-state index contributed by atoms with van der Waals surface area (Å²) in [5.41, 5.74) is -0.117. The van der Waals surface area contributed by atoms with Gasteiger partial charge in [0.05, 0.1) is 18.0 Å². The van der Waals surface area contributed by atoms with Crippen LogP contribution in [-0.2, 0) is 14.7 Å². The molecule has 2 heterocycles. The van der Waals surface area contributed by atoms with Crippen molar-refractivity contribution in [3.63, 3.8) is 0 Å². The van der Waals surface area contributed by atoms with Crippen LogP contribution in [0, 0.1) is 5.41 Å². The molecule has 9 nitrogen and oxygen atoms in total. The van der Waals surface area contributed by atoms with Gasteiger partial charge in [0.1, 0.15) is 5.04 Å². The number of halogens is 1. The molecule has 12 heteroatoms. The highest BCUT2D eigenvalue weighted by Crippen LogP contribution is 2.39. The van der Waals surface area contributed by atoms with Gasteiger partial charge in [0.15, 0.2) is 9.84 Å². The smallest absolute Gasteiger partial charge is 0.283 e. The number of anilines is 1. The van der Waals surface area contributed by atoms with Crippen molar-refractivity contribution in [1.29, 1.82) is 0 Å². The van der Waals surface area contributed by atoms with Crippen molar-refractivity contribution in [3.8, 4) is 5.75 Å². The summed E-state index contributed by atoms with van der Waals surface area (Å²) in [5.74, 6) is -0.614. The minimum Gasteiger partial charge on any atom is -0.283 e. The summed E-state index contributed by atoms with van der Waals surface area (Å²) < 4.78 is 23.4. The fourth-order valence-electron chi connectivity index (χ4n) is 2.27. The molecule has 0 bridgehead atoms. The Hall–Kier alpha value is -2.37. The Labute approximate surface area is 183 Å². The molecule has 0 saturated carbocycles. The Balaban J connectivity index is 1.74. The van der Waals surface area contributed by atoms with E-state index in [4.69, 9.17) is 21.4 Å². The van der Waals surface area contributed by atoms with Crippen LogP contribution in [0.15, 0.2) is 41.8 Å². The molecular weight excluding hydrogens is 452 g/mol. The Morgan fingerprint density at radius 3 is 2.47 bits per heavy atom. The molecule has 2 aromatic rings. The molecule has 0 spiro atoms. The van der Waals surface area contributed by atoms with Crippen molar-refractivity contribution in [3.05, 3.63) is 47.2 Å². The van der Waals surface area contributed by atoms with Crippen LogP contribution in [0.3, 0.4) is 0 Å². The van der Waals surface area contributed by atoms with E-state index in [-0.39, 0.29) is 22.7 Å². The molecule has 1 aliphatic rings. The molecule has 1 aliphatic heterocycles. The average Bonchev–Trinajstić information content (AvgIpc) is 3.13. The maximum absolute atomic E-state index is 12.2. The van der Waals surface area contributed by atoms with Crippen LogP contribution >= 0.6 is 23.4 Å². The van der Waals surface area contributed by atoms with Gasteiger partial charge in [-0.05, 0) is 18.2 Å². The first kappa shape index (κ1) is 22.3. The van der Waals surface area contributed by atoms with Crippen LogP contribution in [0.4, 0.5) is 5.95 Å². The van der Waals surface area contributed by atoms with E-state index in [1.54, 1.807) is 12.1 Å². The number of hydrazone groups is 1. The van der Waals surface area contributed by atoms with Gasteiger partial charge in [-0.25, -0.2) is 33.1 Å². The fourth-order valence-corrected chi connectivity index (χ4v) is 4.86. The topological polar surface area (TPSA) is 111 Å². The quantitative estimate of drug-likeness (QED) is 0.478. The zero-order chi connectivity index (χ0) is 22.1. The number of aromatic nitrogens is 2. The zero-order valence-electron chi connectivity index (χ0n) is 16.6. The SMILES string of the molecule is CC(C)(C)C1=NN(c2ncc(OOC(=O)c3cccc(Cl)c3)cn2)C(S(C)(=O)=O)S1. The number of benzene rings is 1. The Morgan fingerprint density at radius 2 is 1.90 bits per heavy atom. The molecule has 0 amide bonds. The standard InChI is InChI=1S/C18H19ClN4O5S2/c1-18(2,3)15-22-23(17(29-15)30(4,25)26)16-20-9-13(10-21-16)27-28-14(24)11-6-5-7-12(19)8-11/h5-10,17H,1-4H3. The Kier molecular flexibility index (Phi) is 6.25. The highest BCUT2D eigenvalue weighted by Gasteiger charge is 2.41. The predicted molar refractivity (Wildman–Crippen MR) is 115 cm³/mol. The minimum atomic E-state index is -3.48. The second kappa shape index (κ2) is 8.40. The van der Waals surface area contributed by atoms with Crippen molar-refractivity contribution in [2.75, 3.05) is 11.3 Å². The van der Waals surface area contributed by atoms with E-state index in [9.17, 15) is 13.2 Å². The van der Waals surface area contributed by atoms with Gasteiger partial charge in [-0.1, -0.05) is 50.2 Å². The normalized spacial score (nSPS) is 16.9. The first-order valence-corrected chi connectivity index (χ1v) is 11.9. The van der Waals surface area contributed by atoms with Gasteiger partial charge in [-0.2, -0.15) is 5.10 Å². The third-order valence-corrected chi connectivity index (χ3v) is 7.54. The summed E-state index contributed by atoms with van der Waals surface area (Å²) in [5, 5.41) is 6.69. The third-order valence-electron chi connectivity index (χ3n) is 3.71. The molecule has 0 fully saturated rings. The zero-order valence-corrected chi connectivity index (χ0v) is 19.0. The van der Waals surface area contributed by atoms with Crippen molar-refractivity contribution in [2.24, 2.45) is 10.5 Å². The Morgan fingerprint density at radius 1 is 1.23 bits per heavy atom. The van der Waals surface area contributed by atoms with Gasteiger partial charge in [0.25, 0.3) is 0 Å². The molecule has 160 valence electrons. The van der Waals surface area contributed by atoms with E-state index in [2.05, 4.69) is 15.1 Å². The molecule has 1 aromatic carbocycles. The van der Waals surface area contributed by atoms with Crippen LogP contribution in [-0.4, -0.2) is 40.4 Å². The summed E-state index contributed by atoms with van der Waals surface area (Å²) in [6.07, 6.45) is 3.63. The van der Waals surface area contributed by atoms with Crippen LogP contribution in [0.2, 0.25) is 5.02 Å². The highest BCUT2D eigenvalue weighted by atomic mass is 35.5. The summed E-state index contributed by atoms with van der Waals surface area (Å²) >= 11 is 6.98. The maximum atomic E-state index is 12.2. The van der Waals surface area contributed by atoms with E-state index >= 15 is 0 Å². The fraction of sp³-hybridized carbons (Fsp3) is 0.333. The first-order valence-electron chi connectivity index (χ1n) is 8.65. The molecule has 1 aromatic heterocycles. The summed E-state index contributed by atoms with van der Waals surface area (Å²) in [6.45, 7) is 5.81. The lowest BCUT2D eigenvalue weighted by Gasteiger charge is -2.18. The molecule has 0 radical (unpaired) electrons. The summed E-state index contributed by atoms with van der Waals surface area (Å²) in [7, 11) is -3.48. The van der Waals surface area contributed by atoms with Crippen LogP contribution in [0.1, 0.15) is 31.1 Å². The predicted octanol–water partition coefficient (Wildman–Crippen LogP) is 3.52. The lowest BCUT2D eigenvalue weighted by Crippen LogP contribution is -2.32. The number of nitrogens with zero attached hydrogens (tertiary/aromatic N) is 4. The Bertz CT molecular complexity index is 1080. The third kappa shape index (κ3) is 5.21. The lowest BCUT2D eigenvalue weighted by atomic mass is 9.99. The first-order chi connectivity index (χ1) is 13.9. The molecule has 0 saturated heterocycles.